The van der Waals surface area contributed by atoms with Crippen LogP contribution in [0.15, 0.2) is 42.5 Å². The maximum absolute atomic E-state index is 12.6. The molecule has 2 aromatic rings. The van der Waals surface area contributed by atoms with Gasteiger partial charge in [0.2, 0.25) is 0 Å². The third kappa shape index (κ3) is 5.19. The number of aliphatic carboxylic acids is 1. The summed E-state index contributed by atoms with van der Waals surface area (Å²) < 4.78 is 5.55. The molecule has 0 radical (unpaired) electrons. The first-order chi connectivity index (χ1) is 13.8. The lowest BCUT2D eigenvalue weighted by Crippen LogP contribution is -2.46. The fraction of sp³-hybridized carbons (Fsp3) is 0.391. The van der Waals surface area contributed by atoms with Gasteiger partial charge in [-0.1, -0.05) is 42.5 Å². The molecule has 0 aliphatic heterocycles. The number of fused-ring (bicyclic) bond motifs is 3. The van der Waals surface area contributed by atoms with Gasteiger partial charge in [-0.15, -0.1) is 12.4 Å². The quantitative estimate of drug-likeness (QED) is 0.448. The molecule has 0 saturated heterocycles. The van der Waals surface area contributed by atoms with Crippen LogP contribution in [0.1, 0.15) is 42.9 Å². The highest BCUT2D eigenvalue weighted by atomic mass is 35.5. The summed E-state index contributed by atoms with van der Waals surface area (Å²) in [5.41, 5.74) is 10.9. The molecule has 0 saturated carbocycles. The molecule has 0 spiro atoms. The summed E-state index contributed by atoms with van der Waals surface area (Å²) in [4.78, 5) is 23.6. The molecule has 0 amide bonds. The van der Waals surface area contributed by atoms with Crippen molar-refractivity contribution in [1.82, 2.24) is 5.32 Å². The first-order valence-corrected chi connectivity index (χ1v) is 9.88. The first kappa shape index (κ1) is 23.9. The smallest absolute Gasteiger partial charge is 0.326 e. The number of nitrogens with two attached hydrogens (primary N) is 1. The fourth-order valence-electron chi connectivity index (χ4n) is 3.83. The molecule has 4 N–H and O–H groups in total. The molecule has 162 valence electrons. The Kier molecular flexibility index (Phi) is 8.01. The zero-order valence-corrected chi connectivity index (χ0v) is 18.1. The van der Waals surface area contributed by atoms with Gasteiger partial charge in [0.05, 0.1) is 0 Å². The van der Waals surface area contributed by atoms with Gasteiger partial charge in [-0.25, -0.2) is 0 Å². The van der Waals surface area contributed by atoms with Crippen LogP contribution in [0.5, 0.6) is 0 Å². The number of ether oxygens (including phenoxy) is 1. The summed E-state index contributed by atoms with van der Waals surface area (Å²) in [5.74, 6) is -1.38. The average molecular weight is 433 g/mol. The Balaban J connectivity index is 0.00000320. The molecule has 0 bridgehead atoms. The molecule has 2 unspecified atom stereocenters. The second-order valence-electron chi connectivity index (χ2n) is 7.84. The highest BCUT2D eigenvalue weighted by Crippen LogP contribution is 2.38. The van der Waals surface area contributed by atoms with Gasteiger partial charge in [0.1, 0.15) is 18.2 Å². The number of carboxylic acids is 1. The van der Waals surface area contributed by atoms with Crippen LogP contribution >= 0.6 is 12.4 Å². The van der Waals surface area contributed by atoms with Crippen LogP contribution < -0.4 is 11.1 Å². The molecular weight excluding hydrogens is 404 g/mol. The van der Waals surface area contributed by atoms with Gasteiger partial charge < -0.3 is 20.9 Å². The predicted octanol–water partition coefficient (Wildman–Crippen LogP) is 3.28. The van der Waals surface area contributed by atoms with E-state index in [1.165, 1.54) is 22.3 Å². The minimum absolute atomic E-state index is 0. The second-order valence-corrected chi connectivity index (χ2v) is 7.84. The van der Waals surface area contributed by atoms with E-state index in [-0.39, 0.29) is 19.0 Å². The highest BCUT2D eigenvalue weighted by molar-refractivity contribution is 5.85. The summed E-state index contributed by atoms with van der Waals surface area (Å²) >= 11 is 0. The Labute approximate surface area is 183 Å². The van der Waals surface area contributed by atoms with Gasteiger partial charge in [-0.3, -0.25) is 9.59 Å². The standard InChI is InChI=1S/C23H28N2O4.ClH/c1-23(24,12-6-11-20(25-2)21(26)27)22(28)29-14-16-8-5-10-18-17-9-4-3-7-15(17)13-19(16)18;/h3-5,7-10,20,25H,6,11-14,24H2,1-2H3,(H,26,27);1H. The van der Waals surface area contributed by atoms with E-state index in [4.69, 9.17) is 15.6 Å². The van der Waals surface area contributed by atoms with Gasteiger partial charge in [0.25, 0.3) is 0 Å². The third-order valence-electron chi connectivity index (χ3n) is 5.61. The van der Waals surface area contributed by atoms with Crippen LogP contribution in [0, 0.1) is 0 Å². The Hall–Kier alpha value is -2.41. The van der Waals surface area contributed by atoms with E-state index in [2.05, 4.69) is 23.5 Å². The molecule has 3 rings (SSSR count). The summed E-state index contributed by atoms with van der Waals surface area (Å²) in [6.07, 6.45) is 2.10. The molecular formula is C23H29ClN2O4. The molecule has 2 atom stereocenters. The van der Waals surface area contributed by atoms with E-state index < -0.39 is 23.5 Å². The molecule has 1 aliphatic carbocycles. The maximum Gasteiger partial charge on any atom is 0.326 e. The lowest BCUT2D eigenvalue weighted by molar-refractivity contribution is -0.151. The Bertz CT molecular complexity index is 914. The van der Waals surface area contributed by atoms with E-state index >= 15 is 0 Å². The molecule has 30 heavy (non-hydrogen) atoms. The number of benzene rings is 2. The van der Waals surface area contributed by atoms with E-state index in [9.17, 15) is 9.59 Å². The van der Waals surface area contributed by atoms with E-state index in [0.717, 1.165) is 12.0 Å². The van der Waals surface area contributed by atoms with Crippen LogP contribution in [0.25, 0.3) is 11.1 Å². The number of likely N-dealkylation sites (N-methyl/N-ethyl adjacent to an activating group) is 1. The summed E-state index contributed by atoms with van der Waals surface area (Å²) in [7, 11) is 1.60. The zero-order chi connectivity index (χ0) is 21.0. The third-order valence-corrected chi connectivity index (χ3v) is 5.61. The van der Waals surface area contributed by atoms with Gasteiger partial charge >= 0.3 is 11.9 Å². The Morgan fingerprint density at radius 2 is 1.90 bits per heavy atom. The number of carbonyl (C=O) groups is 2. The van der Waals surface area contributed by atoms with E-state index in [0.29, 0.717) is 19.3 Å². The van der Waals surface area contributed by atoms with Crippen molar-refractivity contribution in [2.24, 2.45) is 5.73 Å². The minimum Gasteiger partial charge on any atom is -0.480 e. The number of nitrogens with one attached hydrogen (secondary N) is 1. The monoisotopic (exact) mass is 432 g/mol. The number of esters is 1. The SMILES string of the molecule is CNC(CCCC(C)(N)C(=O)OCc1cccc2c1Cc1ccccc1-2)C(=O)O.Cl. The maximum atomic E-state index is 12.6. The molecule has 0 aromatic heterocycles. The second kappa shape index (κ2) is 10.1. The van der Waals surface area contributed by atoms with Crippen molar-refractivity contribution in [3.63, 3.8) is 0 Å². The van der Waals surface area contributed by atoms with Crippen molar-refractivity contribution in [2.75, 3.05) is 7.05 Å². The van der Waals surface area contributed by atoms with E-state index in [1.54, 1.807) is 14.0 Å². The molecule has 6 nitrogen and oxygen atoms in total. The van der Waals surface area contributed by atoms with Crippen molar-refractivity contribution in [3.05, 3.63) is 59.2 Å². The van der Waals surface area contributed by atoms with E-state index in [1.807, 2.05) is 24.3 Å². The summed E-state index contributed by atoms with van der Waals surface area (Å²) in [6, 6.07) is 13.7. The predicted molar refractivity (Wildman–Crippen MR) is 119 cm³/mol. The summed E-state index contributed by atoms with van der Waals surface area (Å²) in [5, 5.41) is 11.8. The van der Waals surface area contributed by atoms with Crippen molar-refractivity contribution >= 4 is 24.3 Å². The number of halogens is 1. The molecule has 0 heterocycles. The lowest BCUT2D eigenvalue weighted by atomic mass is 9.94. The number of hydrogen-bond donors (Lipinski definition) is 3. The summed E-state index contributed by atoms with van der Waals surface area (Å²) in [6.45, 7) is 1.81. The average Bonchev–Trinajstić information content (AvgIpc) is 3.08. The van der Waals surface area contributed by atoms with Crippen LogP contribution in [0.4, 0.5) is 0 Å². The van der Waals surface area contributed by atoms with Crippen LogP contribution in [-0.2, 0) is 27.4 Å². The minimum atomic E-state index is -1.16. The number of hydrogen-bond acceptors (Lipinski definition) is 5. The van der Waals surface area contributed by atoms with Crippen LogP contribution in [-0.4, -0.2) is 35.7 Å². The number of carbonyl (C=O) groups excluding carboxylic acids is 1. The van der Waals surface area contributed by atoms with Crippen LogP contribution in [0.2, 0.25) is 0 Å². The molecule has 0 fully saturated rings. The number of carboxylic acid groups (broad SMARTS) is 1. The van der Waals surface area contributed by atoms with Crippen molar-refractivity contribution in [3.8, 4) is 11.1 Å². The van der Waals surface area contributed by atoms with Crippen molar-refractivity contribution in [2.45, 2.75) is 50.8 Å². The Morgan fingerprint density at radius 1 is 1.20 bits per heavy atom. The Morgan fingerprint density at radius 3 is 2.60 bits per heavy atom. The highest BCUT2D eigenvalue weighted by Gasteiger charge is 2.31. The van der Waals surface area contributed by atoms with Gasteiger partial charge in [-0.05, 0) is 67.5 Å². The fourth-order valence-corrected chi connectivity index (χ4v) is 3.83. The van der Waals surface area contributed by atoms with Crippen molar-refractivity contribution in [1.29, 1.82) is 0 Å². The lowest BCUT2D eigenvalue weighted by Gasteiger charge is -2.23. The topological polar surface area (TPSA) is 102 Å². The largest absolute Gasteiger partial charge is 0.480 e. The van der Waals surface area contributed by atoms with Gasteiger partial charge in [0.15, 0.2) is 0 Å². The van der Waals surface area contributed by atoms with Gasteiger partial charge in [0, 0.05) is 0 Å². The number of rotatable bonds is 9. The van der Waals surface area contributed by atoms with Crippen LogP contribution in [0.3, 0.4) is 0 Å². The van der Waals surface area contributed by atoms with Gasteiger partial charge in [-0.2, -0.15) is 0 Å². The van der Waals surface area contributed by atoms with Crippen molar-refractivity contribution < 1.29 is 19.4 Å². The molecule has 7 heteroatoms. The first-order valence-electron chi connectivity index (χ1n) is 9.88. The molecule has 1 aliphatic rings. The zero-order valence-electron chi connectivity index (χ0n) is 17.3. The molecule has 2 aromatic carbocycles. The normalized spacial score (nSPS) is 14.6.